The van der Waals surface area contributed by atoms with Crippen LogP contribution >= 0.6 is 35.2 Å². The molecule has 6 heteroatoms. The van der Waals surface area contributed by atoms with Crippen molar-refractivity contribution in [1.82, 2.24) is 14.5 Å². The fourth-order valence-corrected chi connectivity index (χ4v) is 3.62. The molecule has 0 fully saturated rings. The Balaban J connectivity index is 2.19. The molecule has 3 aromatic rings. The highest BCUT2D eigenvalue weighted by Crippen LogP contribution is 2.31. The Hall–Kier alpha value is -1.17. The van der Waals surface area contributed by atoms with Crippen molar-refractivity contribution in [2.24, 2.45) is 0 Å². The molecule has 3 heterocycles. The van der Waals surface area contributed by atoms with E-state index in [2.05, 4.69) is 23.0 Å². The normalized spacial score (nSPS) is 13.0. The lowest BCUT2D eigenvalue weighted by molar-refractivity contribution is 0.655. The lowest BCUT2D eigenvalue weighted by Crippen LogP contribution is -2.05. The molecule has 0 saturated carbocycles. The molecule has 3 aromatic heterocycles. The summed E-state index contributed by atoms with van der Waals surface area (Å²) in [6, 6.07) is 6.12. The maximum Gasteiger partial charge on any atom is 0.179 e. The van der Waals surface area contributed by atoms with Crippen LogP contribution in [0.4, 0.5) is 0 Å². The van der Waals surface area contributed by atoms with Crippen LogP contribution in [0.1, 0.15) is 23.4 Å². The molecule has 0 amide bonds. The van der Waals surface area contributed by atoms with Crippen LogP contribution in [0.3, 0.4) is 0 Å². The predicted molar refractivity (Wildman–Crippen MR) is 82.8 cm³/mol. The van der Waals surface area contributed by atoms with Crippen molar-refractivity contribution in [2.45, 2.75) is 19.9 Å². The number of aryl methyl sites for hydroxylation is 1. The van der Waals surface area contributed by atoms with Crippen molar-refractivity contribution in [1.29, 1.82) is 0 Å². The maximum absolute atomic E-state index is 6.00. The quantitative estimate of drug-likeness (QED) is 0.694. The number of rotatable bonds is 2. The number of halogens is 1. The Kier molecular flexibility index (Phi) is 3.20. The number of imidazole rings is 1. The second kappa shape index (κ2) is 4.74. The van der Waals surface area contributed by atoms with E-state index in [0.717, 1.165) is 21.1 Å². The molecule has 0 aliphatic carbocycles. The zero-order valence-corrected chi connectivity index (χ0v) is 12.9. The third-order valence-corrected chi connectivity index (χ3v) is 4.79. The van der Waals surface area contributed by atoms with E-state index >= 15 is 0 Å². The summed E-state index contributed by atoms with van der Waals surface area (Å²) in [5, 5.41) is 0. The van der Waals surface area contributed by atoms with Crippen molar-refractivity contribution < 1.29 is 0 Å². The Morgan fingerprint density at radius 2 is 2.26 bits per heavy atom. The minimum atomic E-state index is 0.119. The third kappa shape index (κ3) is 2.22. The van der Waals surface area contributed by atoms with Gasteiger partial charge < -0.3 is 4.98 Å². The monoisotopic (exact) mass is 309 g/mol. The van der Waals surface area contributed by atoms with E-state index in [9.17, 15) is 0 Å². The second-order valence-corrected chi connectivity index (χ2v) is 6.64. The van der Waals surface area contributed by atoms with Gasteiger partial charge in [0.2, 0.25) is 0 Å². The highest BCUT2D eigenvalue weighted by atomic mass is 35.5. The first kappa shape index (κ1) is 12.8. The van der Waals surface area contributed by atoms with Crippen molar-refractivity contribution in [2.75, 3.05) is 0 Å². The number of nitrogens with zero attached hydrogens (tertiary/aromatic N) is 2. The SMILES string of the molecule is Cc1cnc2c(c1)[nH]c(=S)n2C(C)c1ccc(Cl)s1. The smallest absolute Gasteiger partial charge is 0.179 e. The number of H-pyrrole nitrogens is 1. The van der Waals surface area contributed by atoms with Gasteiger partial charge >= 0.3 is 0 Å². The van der Waals surface area contributed by atoms with E-state index in [1.54, 1.807) is 11.3 Å². The number of hydrogen-bond donors (Lipinski definition) is 1. The number of aromatic amines is 1. The lowest BCUT2D eigenvalue weighted by Gasteiger charge is -2.12. The van der Waals surface area contributed by atoms with Gasteiger partial charge in [0.1, 0.15) is 0 Å². The standard InChI is InChI=1S/C13H12ClN3S2/c1-7-5-9-12(15-6-7)17(13(18)16-9)8(2)10-3-4-11(14)19-10/h3-6,8H,1-2H3,(H,16,18). The molecule has 3 nitrogen and oxygen atoms in total. The van der Waals surface area contributed by atoms with E-state index < -0.39 is 0 Å². The average Bonchev–Trinajstić information content (AvgIpc) is 2.91. The molecule has 0 bridgehead atoms. The van der Waals surface area contributed by atoms with Crippen LogP contribution in [0.15, 0.2) is 24.4 Å². The third-order valence-electron chi connectivity index (χ3n) is 3.09. The number of nitrogens with one attached hydrogen (secondary N) is 1. The van der Waals surface area contributed by atoms with Crippen molar-refractivity contribution in [3.05, 3.63) is 43.9 Å². The molecular formula is C13H12ClN3S2. The first-order chi connectivity index (χ1) is 9.06. The summed E-state index contributed by atoms with van der Waals surface area (Å²) in [7, 11) is 0. The molecule has 0 aromatic carbocycles. The summed E-state index contributed by atoms with van der Waals surface area (Å²) < 4.78 is 3.51. The number of aromatic nitrogens is 3. The zero-order valence-electron chi connectivity index (χ0n) is 10.5. The average molecular weight is 310 g/mol. The summed E-state index contributed by atoms with van der Waals surface area (Å²) in [5.41, 5.74) is 2.97. The fourth-order valence-electron chi connectivity index (χ4n) is 2.16. The minimum absolute atomic E-state index is 0.119. The number of hydrogen-bond acceptors (Lipinski definition) is 3. The summed E-state index contributed by atoms with van der Waals surface area (Å²) in [4.78, 5) is 8.87. The lowest BCUT2D eigenvalue weighted by atomic mass is 10.2. The van der Waals surface area contributed by atoms with Gasteiger partial charge in [0.25, 0.3) is 0 Å². The number of thiophene rings is 1. The van der Waals surface area contributed by atoms with Crippen LogP contribution in [0.2, 0.25) is 4.34 Å². The van der Waals surface area contributed by atoms with E-state index in [-0.39, 0.29) is 6.04 Å². The number of fused-ring (bicyclic) bond motifs is 1. The van der Waals surface area contributed by atoms with Gasteiger partial charge in [0.05, 0.1) is 15.9 Å². The molecule has 1 atom stereocenters. The van der Waals surface area contributed by atoms with E-state index in [1.807, 2.05) is 29.8 Å². The van der Waals surface area contributed by atoms with Crippen molar-refractivity contribution >= 4 is 46.3 Å². The highest BCUT2D eigenvalue weighted by molar-refractivity contribution is 7.71. The van der Waals surface area contributed by atoms with Gasteiger partial charge in [-0.15, -0.1) is 11.3 Å². The first-order valence-electron chi connectivity index (χ1n) is 5.88. The van der Waals surface area contributed by atoms with Crippen molar-refractivity contribution in [3.8, 4) is 0 Å². The van der Waals surface area contributed by atoms with Gasteiger partial charge in [-0.3, -0.25) is 4.57 Å². The molecule has 3 rings (SSSR count). The zero-order chi connectivity index (χ0) is 13.6. The second-order valence-electron chi connectivity index (χ2n) is 4.50. The Bertz CT molecular complexity index is 800. The first-order valence-corrected chi connectivity index (χ1v) is 7.48. The molecule has 1 unspecified atom stereocenters. The van der Waals surface area contributed by atoms with E-state index in [0.29, 0.717) is 4.77 Å². The highest BCUT2D eigenvalue weighted by Gasteiger charge is 2.15. The molecule has 1 N–H and O–H groups in total. The van der Waals surface area contributed by atoms with Crippen LogP contribution in [-0.2, 0) is 0 Å². The molecular weight excluding hydrogens is 298 g/mol. The van der Waals surface area contributed by atoms with Crippen LogP contribution < -0.4 is 0 Å². The summed E-state index contributed by atoms with van der Waals surface area (Å²) in [5.74, 6) is 0. The summed E-state index contributed by atoms with van der Waals surface area (Å²) in [6.07, 6.45) is 1.86. The summed E-state index contributed by atoms with van der Waals surface area (Å²) in [6.45, 7) is 4.12. The molecule has 0 radical (unpaired) electrons. The van der Waals surface area contributed by atoms with Gasteiger partial charge in [-0.2, -0.15) is 0 Å². The fraction of sp³-hybridized carbons (Fsp3) is 0.231. The Morgan fingerprint density at radius 1 is 1.47 bits per heavy atom. The Morgan fingerprint density at radius 3 is 2.95 bits per heavy atom. The van der Waals surface area contributed by atoms with Gasteiger partial charge in [0, 0.05) is 11.1 Å². The Labute approximate surface area is 124 Å². The minimum Gasteiger partial charge on any atom is -0.329 e. The topological polar surface area (TPSA) is 33.6 Å². The van der Waals surface area contributed by atoms with Crippen LogP contribution in [0.25, 0.3) is 11.2 Å². The molecule has 0 spiro atoms. The predicted octanol–water partition coefficient (Wildman–Crippen LogP) is 4.73. The van der Waals surface area contributed by atoms with Crippen LogP contribution in [-0.4, -0.2) is 14.5 Å². The molecule has 0 aliphatic rings. The molecule has 98 valence electrons. The van der Waals surface area contributed by atoms with E-state index in [4.69, 9.17) is 23.8 Å². The van der Waals surface area contributed by atoms with E-state index in [1.165, 1.54) is 4.88 Å². The molecule has 0 saturated heterocycles. The van der Waals surface area contributed by atoms with Crippen LogP contribution in [0, 0.1) is 11.7 Å². The van der Waals surface area contributed by atoms with Gasteiger partial charge in [-0.05, 0) is 49.8 Å². The molecule has 19 heavy (non-hydrogen) atoms. The number of pyridine rings is 1. The van der Waals surface area contributed by atoms with Crippen molar-refractivity contribution in [3.63, 3.8) is 0 Å². The van der Waals surface area contributed by atoms with Gasteiger partial charge in [-0.25, -0.2) is 4.98 Å². The largest absolute Gasteiger partial charge is 0.329 e. The summed E-state index contributed by atoms with van der Waals surface area (Å²) >= 11 is 13.0. The maximum atomic E-state index is 6.00. The van der Waals surface area contributed by atoms with Crippen LogP contribution in [0.5, 0.6) is 0 Å². The molecule has 0 aliphatic heterocycles. The van der Waals surface area contributed by atoms with Gasteiger partial charge in [0.15, 0.2) is 10.4 Å². The van der Waals surface area contributed by atoms with Gasteiger partial charge in [-0.1, -0.05) is 11.6 Å².